The van der Waals surface area contributed by atoms with Gasteiger partial charge in [0.1, 0.15) is 6.67 Å². The van der Waals surface area contributed by atoms with Gasteiger partial charge in [0.05, 0.1) is 7.11 Å². The van der Waals surface area contributed by atoms with E-state index < -0.39 is 13.0 Å². The molecule has 0 aliphatic rings. The lowest BCUT2D eigenvalue weighted by molar-refractivity contribution is 0.000972. The first-order valence-corrected chi connectivity index (χ1v) is 1.42. The zero-order valence-corrected chi connectivity index (χ0v) is 3.16. The Morgan fingerprint density at radius 1 is 1.83 bits per heavy atom. The van der Waals surface area contributed by atoms with Crippen LogP contribution in [-0.2, 0) is 4.74 Å². The van der Waals surface area contributed by atoms with E-state index in [1.54, 1.807) is 0 Å². The lowest BCUT2D eigenvalue weighted by Gasteiger charge is -1.94. The number of ether oxygens (including phenoxy) is 1. The second kappa shape index (κ2) is 3.03. The molecule has 1 atom stereocenters. The topological polar surface area (TPSA) is 9.23 Å². The Morgan fingerprint density at radius 3 is 2.33 bits per heavy atom. The first kappa shape index (κ1) is 5.82. The van der Waals surface area contributed by atoms with Crippen molar-refractivity contribution in [3.8, 4) is 0 Å². The summed E-state index contributed by atoms with van der Waals surface area (Å²) in [6, 6.07) is 0. The van der Waals surface area contributed by atoms with Gasteiger partial charge in [-0.1, -0.05) is 0 Å². The molecule has 0 aromatic heterocycles. The summed E-state index contributed by atoms with van der Waals surface area (Å²) in [6.07, 6.45) is -1.84. The van der Waals surface area contributed by atoms with Gasteiger partial charge in [0.25, 0.3) is 0 Å². The normalized spacial score (nSPS) is 14.5. The van der Waals surface area contributed by atoms with E-state index in [9.17, 15) is 8.78 Å². The summed E-state index contributed by atoms with van der Waals surface area (Å²) in [4.78, 5) is 0. The van der Waals surface area contributed by atoms with Gasteiger partial charge in [-0.25, -0.2) is 8.78 Å². The van der Waals surface area contributed by atoms with E-state index >= 15 is 0 Å². The molecule has 0 amide bonds. The lowest BCUT2D eigenvalue weighted by Crippen LogP contribution is -2.01. The predicted octanol–water partition coefficient (Wildman–Crippen LogP) is 1.06. The van der Waals surface area contributed by atoms with Crippen LogP contribution in [0, 0.1) is 7.11 Å². The average molecular weight is 95.1 g/mol. The third-order valence-corrected chi connectivity index (χ3v) is 0.302. The first-order valence-electron chi connectivity index (χ1n) is 1.42. The van der Waals surface area contributed by atoms with Gasteiger partial charge in [0.15, 0.2) is 0 Å². The van der Waals surface area contributed by atoms with Crippen LogP contribution in [0.15, 0.2) is 0 Å². The van der Waals surface area contributed by atoms with E-state index in [0.29, 0.717) is 0 Å². The molecule has 3 heteroatoms. The summed E-state index contributed by atoms with van der Waals surface area (Å²) >= 11 is 0. The maximum absolute atomic E-state index is 11.2. The van der Waals surface area contributed by atoms with E-state index in [1.165, 1.54) is 0 Å². The van der Waals surface area contributed by atoms with Gasteiger partial charge in [0, 0.05) is 0 Å². The maximum Gasteiger partial charge on any atom is 0.227 e. The highest BCUT2D eigenvalue weighted by atomic mass is 19.2. The zero-order chi connectivity index (χ0) is 4.99. The quantitative estimate of drug-likeness (QED) is 0.498. The Labute approximate surface area is 34.9 Å². The maximum atomic E-state index is 11.2. The summed E-state index contributed by atoms with van der Waals surface area (Å²) < 4.78 is 25.7. The van der Waals surface area contributed by atoms with Crippen LogP contribution in [-0.4, -0.2) is 13.0 Å². The van der Waals surface area contributed by atoms with Crippen LogP contribution in [0.3, 0.4) is 0 Å². The van der Waals surface area contributed by atoms with Crippen molar-refractivity contribution >= 4 is 0 Å². The van der Waals surface area contributed by atoms with E-state index in [0.717, 1.165) is 0 Å². The predicted molar refractivity (Wildman–Crippen MR) is 17.3 cm³/mol. The SMILES string of the molecule is [CH2]OC(F)CF. The molecule has 6 heavy (non-hydrogen) atoms. The molecule has 0 aromatic rings. The van der Waals surface area contributed by atoms with Crippen molar-refractivity contribution in [2.75, 3.05) is 6.67 Å². The number of hydrogen-bond donors (Lipinski definition) is 0. The molecule has 0 N–H and O–H groups in total. The van der Waals surface area contributed by atoms with Crippen LogP contribution < -0.4 is 0 Å². The second-order valence-electron chi connectivity index (χ2n) is 0.731. The van der Waals surface area contributed by atoms with Gasteiger partial charge < -0.3 is 4.74 Å². The highest BCUT2D eigenvalue weighted by Crippen LogP contribution is 1.89. The number of rotatable bonds is 2. The molecule has 0 aliphatic carbocycles. The molecule has 0 saturated heterocycles. The molecule has 37 valence electrons. The van der Waals surface area contributed by atoms with Gasteiger partial charge in [-0.15, -0.1) is 0 Å². The Balaban J connectivity index is 2.75. The lowest BCUT2D eigenvalue weighted by atomic mass is 10.8. The van der Waals surface area contributed by atoms with E-state index in [4.69, 9.17) is 0 Å². The standard InChI is InChI=1S/C3H5F2O/c1-6-3(5)2-4/h3H,1-2H2. The number of alkyl halides is 2. The summed E-state index contributed by atoms with van der Waals surface area (Å²) in [7, 11) is 2.64. The molecule has 0 spiro atoms. The molecule has 0 aromatic carbocycles. The highest BCUT2D eigenvalue weighted by Gasteiger charge is 1.97. The Kier molecular flexibility index (Phi) is 2.94. The average Bonchev–Trinajstić information content (AvgIpc) is 1.65. The first-order chi connectivity index (χ1) is 2.81. The van der Waals surface area contributed by atoms with Crippen molar-refractivity contribution in [1.29, 1.82) is 0 Å². The Morgan fingerprint density at radius 2 is 2.33 bits per heavy atom. The van der Waals surface area contributed by atoms with Gasteiger partial charge in [-0.05, 0) is 0 Å². The smallest absolute Gasteiger partial charge is 0.227 e. The van der Waals surface area contributed by atoms with Crippen LogP contribution in [0.5, 0.6) is 0 Å². The molecule has 0 bridgehead atoms. The molecule has 1 unspecified atom stereocenters. The third kappa shape index (κ3) is 2.08. The minimum Gasteiger partial charge on any atom is -0.344 e. The number of halogens is 2. The molecule has 0 rings (SSSR count). The van der Waals surface area contributed by atoms with Crippen molar-refractivity contribution in [2.24, 2.45) is 0 Å². The molecule has 1 nitrogen and oxygen atoms in total. The van der Waals surface area contributed by atoms with Crippen LogP contribution in [0.1, 0.15) is 0 Å². The van der Waals surface area contributed by atoms with Crippen molar-refractivity contribution < 1.29 is 13.5 Å². The summed E-state index contributed by atoms with van der Waals surface area (Å²) in [6.45, 7) is -1.12. The van der Waals surface area contributed by atoms with Gasteiger partial charge in [-0.3, -0.25) is 0 Å². The van der Waals surface area contributed by atoms with Gasteiger partial charge in [0.2, 0.25) is 6.36 Å². The molecular formula is C3H5F2O. The van der Waals surface area contributed by atoms with Crippen molar-refractivity contribution in [3.63, 3.8) is 0 Å². The molecular weight excluding hydrogens is 90.0 g/mol. The molecule has 0 fully saturated rings. The van der Waals surface area contributed by atoms with Gasteiger partial charge in [-0.2, -0.15) is 0 Å². The van der Waals surface area contributed by atoms with E-state index in [1.807, 2.05) is 0 Å². The van der Waals surface area contributed by atoms with Crippen LogP contribution in [0.4, 0.5) is 8.78 Å². The number of hydrogen-bond acceptors (Lipinski definition) is 1. The van der Waals surface area contributed by atoms with Crippen molar-refractivity contribution in [1.82, 2.24) is 0 Å². The zero-order valence-electron chi connectivity index (χ0n) is 3.16. The Bertz CT molecular complexity index is 28.0. The third-order valence-electron chi connectivity index (χ3n) is 0.302. The molecule has 0 heterocycles. The second-order valence-corrected chi connectivity index (χ2v) is 0.731. The van der Waals surface area contributed by atoms with Crippen LogP contribution in [0.2, 0.25) is 0 Å². The minimum atomic E-state index is -1.84. The van der Waals surface area contributed by atoms with Crippen LogP contribution in [0.25, 0.3) is 0 Å². The fraction of sp³-hybridized carbons (Fsp3) is 0.667. The fourth-order valence-corrected chi connectivity index (χ4v) is 0.0445. The highest BCUT2D eigenvalue weighted by molar-refractivity contribution is 4.30. The summed E-state index contributed by atoms with van der Waals surface area (Å²) in [5.74, 6) is 0. The molecule has 0 saturated carbocycles. The van der Waals surface area contributed by atoms with Gasteiger partial charge >= 0.3 is 0 Å². The minimum absolute atomic E-state index is 1.12. The van der Waals surface area contributed by atoms with Crippen molar-refractivity contribution in [3.05, 3.63) is 7.11 Å². The summed E-state index contributed by atoms with van der Waals surface area (Å²) in [5.41, 5.74) is 0. The summed E-state index contributed by atoms with van der Waals surface area (Å²) in [5, 5.41) is 0. The molecule has 1 radical (unpaired) electrons. The fourth-order valence-electron chi connectivity index (χ4n) is 0.0445. The van der Waals surface area contributed by atoms with Crippen molar-refractivity contribution in [2.45, 2.75) is 6.36 Å². The Hall–Kier alpha value is -0.180. The van der Waals surface area contributed by atoms with E-state index in [2.05, 4.69) is 11.8 Å². The molecule has 0 aliphatic heterocycles. The largest absolute Gasteiger partial charge is 0.344 e. The monoisotopic (exact) mass is 95.0 g/mol. The van der Waals surface area contributed by atoms with Crippen LogP contribution >= 0.6 is 0 Å². The van der Waals surface area contributed by atoms with E-state index in [-0.39, 0.29) is 0 Å².